The van der Waals surface area contributed by atoms with Gasteiger partial charge in [-0.2, -0.15) is 0 Å². The number of hydrogen-bond donors (Lipinski definition) is 7. The van der Waals surface area contributed by atoms with E-state index in [0.29, 0.717) is 50.6 Å². The molecule has 6 aromatic rings. The fourth-order valence-electron chi connectivity index (χ4n) is 11.9. The summed E-state index contributed by atoms with van der Waals surface area (Å²) in [6.45, 7) is 34.3. The fourth-order valence-corrected chi connectivity index (χ4v) is 11.9. The molecule has 0 aliphatic carbocycles. The summed E-state index contributed by atoms with van der Waals surface area (Å²) in [6.07, 6.45) is 10.5. The molecule has 10 heterocycles. The van der Waals surface area contributed by atoms with Gasteiger partial charge in [0.25, 0.3) is 0 Å². The Morgan fingerprint density at radius 1 is 0.402 bits per heavy atom. The average Bonchev–Trinajstić information content (AvgIpc) is 2.39. The second-order valence-corrected chi connectivity index (χ2v) is 22.3. The zero-order valence-electron chi connectivity index (χ0n) is 51.3. The van der Waals surface area contributed by atoms with Crippen molar-refractivity contribution in [1.29, 1.82) is 0 Å². The van der Waals surface area contributed by atoms with Gasteiger partial charge in [0.05, 0.1) is 45.6 Å². The Kier molecular flexibility index (Phi) is 19.1. The van der Waals surface area contributed by atoms with Crippen LogP contribution in [0.5, 0.6) is 0 Å². The molecule has 4 aliphatic rings. The van der Waals surface area contributed by atoms with Crippen LogP contribution in [-0.2, 0) is 19.2 Å². The monoisotopic (exact) mass is 1160 g/mol. The molecule has 0 spiro atoms. The van der Waals surface area contributed by atoms with Crippen molar-refractivity contribution in [2.75, 3.05) is 14.1 Å². The van der Waals surface area contributed by atoms with Crippen LogP contribution < -0.4 is 10.6 Å². The highest BCUT2D eigenvalue weighted by atomic mass is 16.4. The second-order valence-electron chi connectivity index (χ2n) is 22.3. The van der Waals surface area contributed by atoms with Gasteiger partial charge in [-0.25, -0.2) is 19.9 Å². The summed E-state index contributed by atoms with van der Waals surface area (Å²) in [5, 5.41) is 14.9. The van der Waals surface area contributed by atoms with Crippen molar-refractivity contribution < 1.29 is 24.3 Å². The zero-order chi connectivity index (χ0) is 62.0. The first-order chi connectivity index (χ1) is 41.1. The number of carbonyl (C=O) groups excluding carboxylic acids is 3. The minimum absolute atomic E-state index is 0. The number of carbonyl (C=O) groups is 4. The molecule has 0 fully saturated rings. The number of rotatable bonds is 16. The number of carboxylic acid groups (broad SMARTS) is 1. The maximum atomic E-state index is 12.2. The van der Waals surface area contributed by atoms with Crippen molar-refractivity contribution in [3.8, 4) is 0 Å². The number of hydrogen-bond acceptors (Lipinski definition) is 8. The highest BCUT2D eigenvalue weighted by Crippen LogP contribution is 2.41. The van der Waals surface area contributed by atoms with E-state index in [-0.39, 0.29) is 31.4 Å². The minimum atomic E-state index is -0.865. The van der Waals surface area contributed by atoms with E-state index in [0.717, 1.165) is 173 Å². The molecule has 0 radical (unpaired) electrons. The van der Waals surface area contributed by atoms with Gasteiger partial charge in [-0.15, -0.1) is 0 Å². The Morgan fingerprint density at radius 3 is 0.920 bits per heavy atom. The standard InChI is InChI=1S/C36H39N5O2.C35H37N5O3.CH4/c1-9-24-20(4)28-15-29-23(7)27(13-14-36(43)37-8)35(40-29)18-34-26(12-11-19(3)42)22(6)31(41-34)17-33-25(10-2)21(5)30(39-33)16-32(24)38-28;1-8-22-18(3)26-14-27-21(6)25(11-13-35(42)43)33(39-27)17-32-24(10-12-34(41)36-7)20(5)29(40-32)16-31-23(9-2)19(4)28(38-31)15-30(22)37-26;/h9-10,15-18,38-39H,1-2,11-14H2,3-8H3,(H,37,43);8-9,14-17,37-38H,1-2,10-13H2,3-7H3,(H,36,41)(H,42,43);1H4. The lowest BCUT2D eigenvalue weighted by Crippen LogP contribution is -2.17. The van der Waals surface area contributed by atoms with Crippen molar-refractivity contribution >= 4 is 137 Å². The van der Waals surface area contributed by atoms with Crippen molar-refractivity contribution in [3.05, 3.63) is 165 Å². The molecule has 87 heavy (non-hydrogen) atoms. The number of ketones is 1. The maximum Gasteiger partial charge on any atom is 0.303 e. The van der Waals surface area contributed by atoms with E-state index in [1.807, 2.05) is 69.3 Å². The van der Waals surface area contributed by atoms with Gasteiger partial charge in [0, 0.05) is 106 Å². The summed E-state index contributed by atoms with van der Waals surface area (Å²) in [4.78, 5) is 82.6. The first kappa shape index (κ1) is 63.3. The molecular formula is C72H80N10O5. The van der Waals surface area contributed by atoms with Crippen LogP contribution >= 0.6 is 0 Å². The minimum Gasteiger partial charge on any atom is -0.481 e. The molecule has 448 valence electrons. The Balaban J connectivity index is 0.000000223. The Hall–Kier alpha value is -9.76. The number of aliphatic carboxylic acids is 1. The molecule has 10 rings (SSSR count). The fraction of sp³-hybridized carbons (Fsp3) is 0.278. The number of nitrogens with zero attached hydrogens (tertiary/aromatic N) is 4. The molecule has 6 aromatic heterocycles. The van der Waals surface area contributed by atoms with Gasteiger partial charge in [0.2, 0.25) is 11.8 Å². The van der Waals surface area contributed by atoms with Gasteiger partial charge in [0.15, 0.2) is 0 Å². The van der Waals surface area contributed by atoms with E-state index in [2.05, 4.69) is 116 Å². The van der Waals surface area contributed by atoms with Gasteiger partial charge in [0.1, 0.15) is 5.78 Å². The summed E-state index contributed by atoms with van der Waals surface area (Å²) in [5.74, 6) is -0.804. The van der Waals surface area contributed by atoms with Crippen LogP contribution in [0.3, 0.4) is 0 Å². The number of allylic oxidation sites excluding steroid dienone is 8. The van der Waals surface area contributed by atoms with Crippen LogP contribution in [0.25, 0.3) is 113 Å². The number of amides is 2. The Labute approximate surface area is 509 Å². The van der Waals surface area contributed by atoms with Crippen molar-refractivity contribution in [1.82, 2.24) is 50.5 Å². The van der Waals surface area contributed by atoms with E-state index in [1.54, 1.807) is 21.0 Å². The van der Waals surface area contributed by atoms with Crippen molar-refractivity contribution in [2.45, 2.75) is 121 Å². The summed E-state index contributed by atoms with van der Waals surface area (Å²) in [7, 11) is 3.28. The molecule has 0 saturated heterocycles. The number of aromatic amines is 4. The summed E-state index contributed by atoms with van der Waals surface area (Å²) < 4.78 is 0. The molecule has 0 unspecified atom stereocenters. The number of nitrogens with one attached hydrogen (secondary N) is 6. The molecule has 15 heteroatoms. The number of carboxylic acids is 1. The maximum absolute atomic E-state index is 12.2. The van der Waals surface area contributed by atoms with Crippen LogP contribution in [0, 0.1) is 27.7 Å². The van der Waals surface area contributed by atoms with Gasteiger partial charge in [-0.05, 0) is 203 Å². The van der Waals surface area contributed by atoms with Crippen LogP contribution in [0.1, 0.15) is 183 Å². The van der Waals surface area contributed by atoms with Gasteiger partial charge >= 0.3 is 5.97 Å². The zero-order valence-corrected chi connectivity index (χ0v) is 51.3. The van der Waals surface area contributed by atoms with Gasteiger partial charge in [-0.3, -0.25) is 14.4 Å². The average molecular weight is 1170 g/mol. The molecule has 0 atom stereocenters. The Morgan fingerprint density at radius 2 is 0.655 bits per heavy atom. The highest BCUT2D eigenvalue weighted by molar-refractivity contribution is 6.00. The van der Waals surface area contributed by atoms with Gasteiger partial charge in [-0.1, -0.05) is 58.0 Å². The third-order valence-corrected chi connectivity index (χ3v) is 17.2. The molecule has 0 aromatic carbocycles. The normalized spacial score (nSPS) is 12.8. The largest absolute Gasteiger partial charge is 0.481 e. The summed E-state index contributed by atoms with van der Waals surface area (Å²) in [5.41, 5.74) is 29.8. The smallest absolute Gasteiger partial charge is 0.303 e. The van der Waals surface area contributed by atoms with Crippen molar-refractivity contribution in [2.24, 2.45) is 0 Å². The third kappa shape index (κ3) is 12.7. The lowest BCUT2D eigenvalue weighted by molar-refractivity contribution is -0.137. The second kappa shape index (κ2) is 26.2. The molecule has 7 N–H and O–H groups in total. The van der Waals surface area contributed by atoms with Crippen molar-refractivity contribution in [3.63, 3.8) is 0 Å². The summed E-state index contributed by atoms with van der Waals surface area (Å²) in [6, 6.07) is 16.3. The summed E-state index contributed by atoms with van der Waals surface area (Å²) >= 11 is 0. The predicted molar refractivity (Wildman–Crippen MR) is 361 cm³/mol. The van der Waals surface area contributed by atoms with E-state index in [1.165, 1.54) is 0 Å². The van der Waals surface area contributed by atoms with Crippen LogP contribution in [-0.4, -0.2) is 82.6 Å². The molecular weight excluding hydrogens is 1080 g/mol. The van der Waals surface area contributed by atoms with Crippen LogP contribution in [0.4, 0.5) is 0 Å². The number of fused-ring (bicyclic) bond motifs is 16. The number of aryl methyl sites for hydroxylation is 4. The van der Waals surface area contributed by atoms with E-state index < -0.39 is 5.97 Å². The SMILES string of the molecule is C.C=Cc1c(C)c2cc3[nH]c(cc4nc(cc5nc(cc1[nH]2)C(C)=C5CCC(=O)NC)C(CCC(=O)O)=C4C)c(C)c3C=C.C=Cc1c(C)c2cc3[nH]c(cc4nc(cc5nc(cc1[nH]2)C(C)=C5CCC(C)=O)C(CCC(=O)NC)=C4C)c(C)c3C=C. The number of aromatic nitrogens is 8. The van der Waals surface area contributed by atoms with Gasteiger partial charge < -0.3 is 40.5 Å². The number of H-pyrrole nitrogens is 4. The van der Waals surface area contributed by atoms with Crippen LogP contribution in [0.15, 0.2) is 74.8 Å². The van der Waals surface area contributed by atoms with Crippen LogP contribution in [0.2, 0.25) is 0 Å². The lowest BCUT2D eigenvalue weighted by atomic mass is 9.97. The first-order valence-corrected chi connectivity index (χ1v) is 29.1. The first-order valence-electron chi connectivity index (χ1n) is 29.1. The molecule has 16 bridgehead atoms. The molecule has 0 saturated carbocycles. The van der Waals surface area contributed by atoms with E-state index >= 15 is 0 Å². The highest BCUT2D eigenvalue weighted by Gasteiger charge is 2.25. The predicted octanol–water partition coefficient (Wildman–Crippen LogP) is 16.1. The number of Topliss-reactive ketones (excluding diaryl/α,β-unsaturated/α-hetero) is 1. The third-order valence-electron chi connectivity index (χ3n) is 17.2. The Bertz CT molecular complexity index is 4430. The molecule has 15 nitrogen and oxygen atoms in total. The van der Waals surface area contributed by atoms with E-state index in [4.69, 9.17) is 19.9 Å². The molecule has 4 aliphatic heterocycles. The lowest BCUT2D eigenvalue weighted by Gasteiger charge is -2.06. The van der Waals surface area contributed by atoms with E-state index in [9.17, 15) is 24.3 Å². The topological polar surface area (TPSA) is 227 Å². The molecule has 2 amide bonds. The quantitative estimate of drug-likeness (QED) is 0.0488.